The highest BCUT2D eigenvalue weighted by molar-refractivity contribution is 7.91. The fourth-order valence-electron chi connectivity index (χ4n) is 3.46. The minimum absolute atomic E-state index is 0.0272. The standard InChI is InChI=1S/C19H22FNO4S2/c1-21(26(2,22)23)13-15-6-3-5-14-11-18(9-10-19(14)15)27(24,25)17-8-4-7-16(20)12-17/h4,7-12,15H,3,5-6,13H2,1-2H3/t15-/m0/s1. The monoisotopic (exact) mass is 411 g/mol. The summed E-state index contributed by atoms with van der Waals surface area (Å²) in [5.41, 5.74) is 1.89. The Hall–Kier alpha value is -1.77. The van der Waals surface area contributed by atoms with Crippen LogP contribution in [0.4, 0.5) is 4.39 Å². The molecule has 146 valence electrons. The van der Waals surface area contributed by atoms with Crippen LogP contribution in [0.1, 0.15) is 29.9 Å². The van der Waals surface area contributed by atoms with Crippen LogP contribution in [-0.2, 0) is 26.3 Å². The van der Waals surface area contributed by atoms with E-state index in [0.29, 0.717) is 6.54 Å². The minimum atomic E-state index is -3.81. The molecular formula is C19H22FNO4S2. The van der Waals surface area contributed by atoms with Gasteiger partial charge in [0, 0.05) is 13.6 Å². The van der Waals surface area contributed by atoms with E-state index >= 15 is 0 Å². The largest absolute Gasteiger partial charge is 0.219 e. The van der Waals surface area contributed by atoms with E-state index < -0.39 is 25.7 Å². The van der Waals surface area contributed by atoms with Gasteiger partial charge >= 0.3 is 0 Å². The molecule has 0 heterocycles. The summed E-state index contributed by atoms with van der Waals surface area (Å²) in [7, 11) is -5.53. The number of sulfone groups is 1. The van der Waals surface area contributed by atoms with Gasteiger partial charge in [-0.1, -0.05) is 12.1 Å². The fourth-order valence-corrected chi connectivity index (χ4v) is 5.26. The number of likely N-dealkylation sites (N-methyl/N-ethyl adjacent to an activating group) is 1. The first-order valence-electron chi connectivity index (χ1n) is 8.64. The van der Waals surface area contributed by atoms with E-state index in [4.69, 9.17) is 0 Å². The lowest BCUT2D eigenvalue weighted by Crippen LogP contribution is -2.31. The molecule has 0 fully saturated rings. The van der Waals surface area contributed by atoms with E-state index in [9.17, 15) is 21.2 Å². The predicted molar refractivity (Wildman–Crippen MR) is 101 cm³/mol. The number of nitrogens with zero attached hydrogens (tertiary/aromatic N) is 1. The second kappa shape index (κ2) is 7.33. The summed E-state index contributed by atoms with van der Waals surface area (Å²) < 4.78 is 63.8. The predicted octanol–water partition coefficient (Wildman–Crippen LogP) is 2.97. The van der Waals surface area contributed by atoms with E-state index in [2.05, 4.69) is 0 Å². The molecule has 1 aliphatic carbocycles. The van der Waals surface area contributed by atoms with Crippen LogP contribution < -0.4 is 0 Å². The molecular weight excluding hydrogens is 389 g/mol. The number of fused-ring (bicyclic) bond motifs is 1. The lowest BCUT2D eigenvalue weighted by Gasteiger charge is -2.29. The maximum Gasteiger partial charge on any atom is 0.210 e. The SMILES string of the molecule is CN(C[C@@H]1CCCc2cc(S(=O)(=O)c3cccc(F)c3)ccc21)S(C)(=O)=O. The average Bonchev–Trinajstić information content (AvgIpc) is 2.60. The van der Waals surface area contributed by atoms with Crippen LogP contribution in [0.3, 0.4) is 0 Å². The number of sulfonamides is 1. The zero-order chi connectivity index (χ0) is 19.8. The molecule has 0 bridgehead atoms. The van der Waals surface area contributed by atoms with Gasteiger partial charge in [-0.2, -0.15) is 0 Å². The number of hydrogen-bond acceptors (Lipinski definition) is 4. The van der Waals surface area contributed by atoms with Gasteiger partial charge in [-0.15, -0.1) is 0 Å². The lowest BCUT2D eigenvalue weighted by atomic mass is 9.83. The molecule has 0 amide bonds. The van der Waals surface area contributed by atoms with Crippen molar-refractivity contribution in [2.75, 3.05) is 19.8 Å². The number of rotatable bonds is 5. The molecule has 27 heavy (non-hydrogen) atoms. The van der Waals surface area contributed by atoms with Gasteiger partial charge in [0.1, 0.15) is 5.82 Å². The molecule has 0 N–H and O–H groups in total. The van der Waals surface area contributed by atoms with Gasteiger partial charge in [0.05, 0.1) is 16.0 Å². The molecule has 1 aliphatic rings. The highest BCUT2D eigenvalue weighted by Crippen LogP contribution is 2.35. The molecule has 8 heteroatoms. The molecule has 0 spiro atoms. The van der Waals surface area contributed by atoms with Crippen molar-refractivity contribution < 1.29 is 21.2 Å². The number of aryl methyl sites for hydroxylation is 1. The highest BCUT2D eigenvalue weighted by atomic mass is 32.2. The van der Waals surface area contributed by atoms with Crippen LogP contribution in [0.25, 0.3) is 0 Å². The number of benzene rings is 2. The Morgan fingerprint density at radius 1 is 1.07 bits per heavy atom. The maximum atomic E-state index is 13.4. The molecule has 0 unspecified atom stereocenters. The Bertz CT molecular complexity index is 1060. The van der Waals surface area contributed by atoms with Crippen molar-refractivity contribution in [1.29, 1.82) is 0 Å². The van der Waals surface area contributed by atoms with Gasteiger partial charge in [-0.05, 0) is 66.6 Å². The normalized spacial score (nSPS) is 17.7. The molecule has 1 atom stereocenters. The van der Waals surface area contributed by atoms with Gasteiger partial charge in [-0.3, -0.25) is 0 Å². The van der Waals surface area contributed by atoms with Crippen LogP contribution >= 0.6 is 0 Å². The third-order valence-corrected chi connectivity index (χ3v) is 8.04. The Kier molecular flexibility index (Phi) is 5.42. The Balaban J connectivity index is 1.95. The van der Waals surface area contributed by atoms with Crippen LogP contribution in [-0.4, -0.2) is 41.0 Å². The molecule has 0 saturated heterocycles. The number of hydrogen-bond donors (Lipinski definition) is 0. The first-order chi connectivity index (χ1) is 12.6. The molecule has 2 aromatic rings. The highest BCUT2D eigenvalue weighted by Gasteiger charge is 2.26. The van der Waals surface area contributed by atoms with Crippen molar-refractivity contribution in [2.45, 2.75) is 35.0 Å². The quantitative estimate of drug-likeness (QED) is 0.758. The zero-order valence-electron chi connectivity index (χ0n) is 15.2. The molecule has 0 aliphatic heterocycles. The first kappa shape index (κ1) is 20.0. The maximum absolute atomic E-state index is 13.4. The van der Waals surface area contributed by atoms with Crippen molar-refractivity contribution in [3.8, 4) is 0 Å². The summed E-state index contributed by atoms with van der Waals surface area (Å²) >= 11 is 0. The first-order valence-corrected chi connectivity index (χ1v) is 12.0. The number of halogens is 1. The van der Waals surface area contributed by atoms with Crippen molar-refractivity contribution in [3.63, 3.8) is 0 Å². The Labute approximate surface area is 159 Å². The summed E-state index contributed by atoms with van der Waals surface area (Å²) in [5, 5.41) is 0. The minimum Gasteiger partial charge on any atom is -0.219 e. The zero-order valence-corrected chi connectivity index (χ0v) is 16.9. The summed E-state index contributed by atoms with van der Waals surface area (Å²) in [6, 6.07) is 9.90. The third-order valence-electron chi connectivity index (χ3n) is 5.01. The van der Waals surface area contributed by atoms with Crippen LogP contribution in [0, 0.1) is 5.82 Å². The van der Waals surface area contributed by atoms with Gasteiger partial charge < -0.3 is 0 Å². The third kappa shape index (κ3) is 4.23. The van der Waals surface area contributed by atoms with E-state index in [0.717, 1.165) is 36.5 Å². The van der Waals surface area contributed by atoms with E-state index in [1.807, 2.05) is 0 Å². The molecule has 0 aromatic heterocycles. The van der Waals surface area contributed by atoms with Gasteiger partial charge in [0.25, 0.3) is 0 Å². The van der Waals surface area contributed by atoms with E-state index in [1.165, 1.54) is 34.8 Å². The summed E-state index contributed by atoms with van der Waals surface area (Å²) in [6.07, 6.45) is 3.62. The molecule has 0 saturated carbocycles. The van der Waals surface area contributed by atoms with Gasteiger partial charge in [0.2, 0.25) is 19.9 Å². The second-order valence-corrected chi connectivity index (χ2v) is 11.0. The van der Waals surface area contributed by atoms with Gasteiger partial charge in [-0.25, -0.2) is 25.5 Å². The van der Waals surface area contributed by atoms with Crippen LogP contribution in [0.15, 0.2) is 52.3 Å². The summed E-state index contributed by atoms with van der Waals surface area (Å²) in [6.45, 7) is 0.363. The van der Waals surface area contributed by atoms with Crippen molar-refractivity contribution in [1.82, 2.24) is 4.31 Å². The lowest BCUT2D eigenvalue weighted by molar-refractivity contribution is 0.412. The smallest absolute Gasteiger partial charge is 0.210 e. The molecule has 3 rings (SSSR count). The van der Waals surface area contributed by atoms with E-state index in [-0.39, 0.29) is 15.7 Å². The van der Waals surface area contributed by atoms with Crippen molar-refractivity contribution in [3.05, 3.63) is 59.4 Å². The molecule has 2 aromatic carbocycles. The topological polar surface area (TPSA) is 71.5 Å². The second-order valence-electron chi connectivity index (χ2n) is 6.95. The Morgan fingerprint density at radius 3 is 2.44 bits per heavy atom. The summed E-state index contributed by atoms with van der Waals surface area (Å²) in [5.74, 6) is -0.572. The van der Waals surface area contributed by atoms with E-state index in [1.54, 1.807) is 19.2 Å². The van der Waals surface area contributed by atoms with Crippen LogP contribution in [0.5, 0.6) is 0 Å². The average molecular weight is 412 g/mol. The molecule has 5 nitrogen and oxygen atoms in total. The van der Waals surface area contributed by atoms with Crippen LogP contribution in [0.2, 0.25) is 0 Å². The summed E-state index contributed by atoms with van der Waals surface area (Å²) in [4.78, 5) is 0.0515. The van der Waals surface area contributed by atoms with Gasteiger partial charge in [0.15, 0.2) is 0 Å². The molecule has 0 radical (unpaired) electrons. The fraction of sp³-hybridized carbons (Fsp3) is 0.368. The van der Waals surface area contributed by atoms with Crippen molar-refractivity contribution in [2.24, 2.45) is 0 Å². The Morgan fingerprint density at radius 2 is 1.78 bits per heavy atom. The van der Waals surface area contributed by atoms with Crippen molar-refractivity contribution >= 4 is 19.9 Å².